The van der Waals surface area contributed by atoms with Crippen molar-refractivity contribution in [3.8, 4) is 5.69 Å². The van der Waals surface area contributed by atoms with E-state index in [1.54, 1.807) is 25.2 Å². The minimum Gasteiger partial charge on any atom is -0.357 e. The molecule has 0 bridgehead atoms. The van der Waals surface area contributed by atoms with Crippen LogP contribution < -0.4 is 10.6 Å². The van der Waals surface area contributed by atoms with Crippen molar-refractivity contribution in [2.45, 2.75) is 13.5 Å². The molecule has 25 heavy (non-hydrogen) atoms. The highest BCUT2D eigenvalue weighted by atomic mass is 127. The van der Waals surface area contributed by atoms with Gasteiger partial charge in [0.05, 0.1) is 18.8 Å². The number of hydrogen-bond donors (Lipinski definition) is 2. The molecule has 0 aliphatic heterocycles. The van der Waals surface area contributed by atoms with Gasteiger partial charge in [-0.1, -0.05) is 12.1 Å². The summed E-state index contributed by atoms with van der Waals surface area (Å²) in [5, 5.41) is 10.4. The zero-order valence-electron chi connectivity index (χ0n) is 14.8. The van der Waals surface area contributed by atoms with E-state index in [1.165, 1.54) is 0 Å². The number of aliphatic imine (C=N–C) groups is 1. The van der Waals surface area contributed by atoms with Crippen LogP contribution in [0.2, 0.25) is 0 Å². The molecule has 0 saturated heterocycles. The fourth-order valence-electron chi connectivity index (χ4n) is 2.05. The molecule has 2 aromatic rings. The Kier molecular flexibility index (Phi) is 8.96. The van der Waals surface area contributed by atoms with Gasteiger partial charge in [-0.25, -0.2) is 9.67 Å². The van der Waals surface area contributed by atoms with Gasteiger partial charge in [0, 0.05) is 33.0 Å². The fraction of sp³-hybridized carbons (Fsp3) is 0.353. The SMILES string of the molecule is CCNC(=NCc1cccc(-n2cccn2)c1)NCC(=O)N(C)C.I. The van der Waals surface area contributed by atoms with Crippen LogP contribution in [0.25, 0.3) is 5.69 Å². The zero-order valence-corrected chi connectivity index (χ0v) is 17.1. The van der Waals surface area contributed by atoms with Crippen LogP contribution in [-0.2, 0) is 11.3 Å². The summed E-state index contributed by atoms with van der Waals surface area (Å²) < 4.78 is 1.81. The van der Waals surface area contributed by atoms with E-state index in [0.717, 1.165) is 17.8 Å². The summed E-state index contributed by atoms with van der Waals surface area (Å²) in [6.45, 7) is 3.45. The van der Waals surface area contributed by atoms with Gasteiger partial charge in [-0.05, 0) is 30.7 Å². The standard InChI is InChI=1S/C17H24N6O.HI/c1-4-18-17(20-13-16(24)22(2)3)19-12-14-7-5-8-15(11-14)23-10-6-9-21-23;/h5-11H,4,12-13H2,1-3H3,(H2,18,19,20);1H. The lowest BCUT2D eigenvalue weighted by molar-refractivity contribution is -0.127. The Morgan fingerprint density at radius 1 is 1.28 bits per heavy atom. The van der Waals surface area contributed by atoms with Crippen molar-refractivity contribution in [1.29, 1.82) is 0 Å². The molecule has 0 spiro atoms. The van der Waals surface area contributed by atoms with E-state index in [0.29, 0.717) is 12.5 Å². The van der Waals surface area contributed by atoms with Crippen LogP contribution in [0.15, 0.2) is 47.7 Å². The minimum atomic E-state index is 0. The largest absolute Gasteiger partial charge is 0.357 e. The van der Waals surface area contributed by atoms with Gasteiger partial charge in [0.25, 0.3) is 0 Å². The Morgan fingerprint density at radius 2 is 2.08 bits per heavy atom. The van der Waals surface area contributed by atoms with Crippen molar-refractivity contribution in [2.75, 3.05) is 27.2 Å². The van der Waals surface area contributed by atoms with E-state index in [9.17, 15) is 4.79 Å². The number of nitrogens with zero attached hydrogens (tertiary/aromatic N) is 4. The van der Waals surface area contributed by atoms with Crippen LogP contribution in [0.5, 0.6) is 0 Å². The number of aromatic nitrogens is 2. The van der Waals surface area contributed by atoms with E-state index in [2.05, 4.69) is 20.7 Å². The summed E-state index contributed by atoms with van der Waals surface area (Å²) in [4.78, 5) is 17.7. The highest BCUT2D eigenvalue weighted by Gasteiger charge is 2.05. The van der Waals surface area contributed by atoms with Gasteiger partial charge in [-0.15, -0.1) is 24.0 Å². The monoisotopic (exact) mass is 456 g/mol. The molecule has 1 amide bonds. The quantitative estimate of drug-likeness (QED) is 0.394. The molecule has 0 aliphatic carbocycles. The molecule has 8 heteroatoms. The van der Waals surface area contributed by atoms with Crippen molar-refractivity contribution < 1.29 is 4.79 Å². The average Bonchev–Trinajstić information content (AvgIpc) is 3.12. The van der Waals surface area contributed by atoms with Crippen LogP contribution in [0.1, 0.15) is 12.5 Å². The maximum absolute atomic E-state index is 11.7. The molecule has 0 saturated carbocycles. The molecule has 0 aliphatic rings. The molecular weight excluding hydrogens is 431 g/mol. The number of carbonyl (C=O) groups is 1. The Balaban J connectivity index is 0.00000312. The lowest BCUT2D eigenvalue weighted by atomic mass is 10.2. The number of carbonyl (C=O) groups excluding carboxylic acids is 1. The molecule has 0 atom stereocenters. The topological polar surface area (TPSA) is 74.5 Å². The lowest BCUT2D eigenvalue weighted by Crippen LogP contribution is -2.42. The molecule has 0 fully saturated rings. The van der Waals surface area contributed by atoms with Gasteiger partial charge in [0.2, 0.25) is 5.91 Å². The van der Waals surface area contributed by atoms with Crippen molar-refractivity contribution in [3.05, 3.63) is 48.3 Å². The second-order valence-electron chi connectivity index (χ2n) is 5.46. The van der Waals surface area contributed by atoms with Crippen molar-refractivity contribution >= 4 is 35.8 Å². The summed E-state index contributed by atoms with van der Waals surface area (Å²) in [5.41, 5.74) is 2.06. The molecule has 2 rings (SSSR count). The first kappa shape index (κ1) is 20.9. The van der Waals surface area contributed by atoms with E-state index in [4.69, 9.17) is 0 Å². The van der Waals surface area contributed by atoms with Gasteiger partial charge in [-0.2, -0.15) is 5.10 Å². The second-order valence-corrected chi connectivity index (χ2v) is 5.46. The van der Waals surface area contributed by atoms with Gasteiger partial charge in [0.1, 0.15) is 0 Å². The Morgan fingerprint density at radius 3 is 2.72 bits per heavy atom. The molecule has 7 nitrogen and oxygen atoms in total. The number of nitrogens with one attached hydrogen (secondary N) is 2. The maximum Gasteiger partial charge on any atom is 0.241 e. The lowest BCUT2D eigenvalue weighted by Gasteiger charge is -2.14. The average molecular weight is 456 g/mol. The summed E-state index contributed by atoms with van der Waals surface area (Å²) in [7, 11) is 3.46. The molecule has 1 aromatic heterocycles. The number of benzene rings is 1. The highest BCUT2D eigenvalue weighted by molar-refractivity contribution is 14.0. The number of guanidine groups is 1. The summed E-state index contributed by atoms with van der Waals surface area (Å²) >= 11 is 0. The summed E-state index contributed by atoms with van der Waals surface area (Å²) in [6.07, 6.45) is 3.65. The van der Waals surface area contributed by atoms with Crippen LogP contribution >= 0.6 is 24.0 Å². The summed E-state index contributed by atoms with van der Waals surface area (Å²) in [5.74, 6) is 0.624. The predicted molar refractivity (Wildman–Crippen MR) is 110 cm³/mol. The maximum atomic E-state index is 11.7. The van der Waals surface area contributed by atoms with E-state index in [1.807, 2.05) is 48.1 Å². The van der Waals surface area contributed by atoms with Gasteiger partial charge in [0.15, 0.2) is 5.96 Å². The second kappa shape index (κ2) is 10.7. The van der Waals surface area contributed by atoms with E-state index in [-0.39, 0.29) is 36.4 Å². The van der Waals surface area contributed by atoms with Crippen LogP contribution in [0.4, 0.5) is 0 Å². The number of hydrogen-bond acceptors (Lipinski definition) is 3. The molecule has 0 unspecified atom stereocenters. The van der Waals surface area contributed by atoms with Crippen molar-refractivity contribution in [2.24, 2.45) is 4.99 Å². The first-order valence-electron chi connectivity index (χ1n) is 7.91. The smallest absolute Gasteiger partial charge is 0.241 e. The number of amides is 1. The fourth-order valence-corrected chi connectivity index (χ4v) is 2.05. The zero-order chi connectivity index (χ0) is 17.4. The first-order valence-corrected chi connectivity index (χ1v) is 7.91. The molecule has 1 aromatic carbocycles. The van der Waals surface area contributed by atoms with Gasteiger partial charge in [-0.3, -0.25) is 4.79 Å². The Labute approximate surface area is 165 Å². The normalized spacial score (nSPS) is 10.8. The molecular formula is C17H25IN6O. The number of likely N-dealkylation sites (N-methyl/N-ethyl adjacent to an activating group) is 1. The van der Waals surface area contributed by atoms with Gasteiger partial charge < -0.3 is 15.5 Å². The third kappa shape index (κ3) is 6.73. The third-order valence-electron chi connectivity index (χ3n) is 3.35. The van der Waals surface area contributed by atoms with Crippen LogP contribution in [0.3, 0.4) is 0 Å². The number of rotatable bonds is 6. The minimum absolute atomic E-state index is 0. The summed E-state index contributed by atoms with van der Waals surface area (Å²) in [6, 6.07) is 9.94. The Bertz CT molecular complexity index is 684. The van der Waals surface area contributed by atoms with Crippen molar-refractivity contribution in [1.82, 2.24) is 25.3 Å². The van der Waals surface area contributed by atoms with E-state index < -0.39 is 0 Å². The van der Waals surface area contributed by atoms with Crippen LogP contribution in [-0.4, -0.2) is 53.7 Å². The Hall–Kier alpha value is -2.10. The van der Waals surface area contributed by atoms with Gasteiger partial charge >= 0.3 is 0 Å². The predicted octanol–water partition coefficient (Wildman–Crippen LogP) is 1.63. The highest BCUT2D eigenvalue weighted by Crippen LogP contribution is 2.10. The third-order valence-corrected chi connectivity index (χ3v) is 3.35. The number of halogens is 1. The molecule has 2 N–H and O–H groups in total. The van der Waals surface area contributed by atoms with Crippen molar-refractivity contribution in [3.63, 3.8) is 0 Å². The first-order chi connectivity index (χ1) is 11.6. The van der Waals surface area contributed by atoms with E-state index >= 15 is 0 Å². The molecule has 136 valence electrons. The molecule has 0 radical (unpaired) electrons. The molecule has 1 heterocycles. The van der Waals surface area contributed by atoms with Crippen LogP contribution in [0, 0.1) is 0 Å².